The van der Waals surface area contributed by atoms with Crippen LogP contribution in [0.3, 0.4) is 0 Å². The fourth-order valence-corrected chi connectivity index (χ4v) is 4.30. The van der Waals surface area contributed by atoms with E-state index in [9.17, 15) is 8.42 Å². The molecule has 0 bridgehead atoms. The molecule has 1 saturated heterocycles. The lowest BCUT2D eigenvalue weighted by Crippen LogP contribution is -2.58. The van der Waals surface area contributed by atoms with Crippen LogP contribution in [-0.2, 0) is 9.84 Å². The number of nitrogens with one attached hydrogen (secondary N) is 1. The van der Waals surface area contributed by atoms with Crippen molar-refractivity contribution in [3.05, 3.63) is 0 Å². The Morgan fingerprint density at radius 1 is 1.20 bits per heavy atom. The molecule has 1 aliphatic carbocycles. The molecule has 0 spiro atoms. The third-order valence-electron chi connectivity index (χ3n) is 4.91. The molecule has 0 radical (unpaired) electrons. The van der Waals surface area contributed by atoms with Gasteiger partial charge in [0.1, 0.15) is 9.84 Å². The van der Waals surface area contributed by atoms with Crippen LogP contribution in [0.15, 0.2) is 0 Å². The molecule has 2 aliphatic rings. The van der Waals surface area contributed by atoms with Crippen molar-refractivity contribution in [2.45, 2.75) is 57.5 Å². The summed E-state index contributed by atoms with van der Waals surface area (Å²) in [7, 11) is -2.82. The average molecular weight is 302 g/mol. The maximum atomic E-state index is 11.2. The molecule has 118 valence electrons. The number of nitrogens with zero attached hydrogens (tertiary/aromatic N) is 1. The predicted molar refractivity (Wildman–Crippen MR) is 83.7 cm³/mol. The Bertz CT molecular complexity index is 391. The first-order chi connectivity index (χ1) is 9.46. The van der Waals surface area contributed by atoms with Crippen molar-refractivity contribution in [3.8, 4) is 0 Å². The van der Waals surface area contributed by atoms with E-state index in [2.05, 4.69) is 17.1 Å². The Morgan fingerprint density at radius 2 is 1.90 bits per heavy atom. The van der Waals surface area contributed by atoms with Crippen molar-refractivity contribution in [2.24, 2.45) is 5.92 Å². The summed E-state index contributed by atoms with van der Waals surface area (Å²) in [5.41, 5.74) is 0. The third kappa shape index (κ3) is 5.01. The van der Waals surface area contributed by atoms with Gasteiger partial charge in [0.05, 0.1) is 5.75 Å². The predicted octanol–water partition coefficient (Wildman–Crippen LogP) is 1.66. The van der Waals surface area contributed by atoms with Gasteiger partial charge in [-0.3, -0.25) is 4.90 Å². The Labute approximate surface area is 124 Å². The van der Waals surface area contributed by atoms with E-state index in [0.717, 1.165) is 32.0 Å². The van der Waals surface area contributed by atoms with E-state index in [1.165, 1.54) is 38.4 Å². The molecule has 0 aromatic carbocycles. The molecule has 1 N–H and O–H groups in total. The zero-order chi connectivity index (χ0) is 14.6. The van der Waals surface area contributed by atoms with Crippen molar-refractivity contribution in [3.63, 3.8) is 0 Å². The molecule has 2 atom stereocenters. The minimum absolute atomic E-state index is 0.317. The number of sulfone groups is 1. The van der Waals surface area contributed by atoms with Crippen molar-refractivity contribution in [1.29, 1.82) is 0 Å². The Kier molecular flexibility index (Phi) is 5.87. The van der Waals surface area contributed by atoms with Gasteiger partial charge in [-0.05, 0) is 38.6 Å². The van der Waals surface area contributed by atoms with E-state index in [1.807, 2.05) is 0 Å². The highest BCUT2D eigenvalue weighted by Crippen LogP contribution is 2.28. The van der Waals surface area contributed by atoms with E-state index in [4.69, 9.17) is 0 Å². The molecular formula is C15H30N2O2S. The van der Waals surface area contributed by atoms with Crippen molar-refractivity contribution < 1.29 is 8.42 Å². The maximum Gasteiger partial charge on any atom is 0.147 e. The van der Waals surface area contributed by atoms with E-state index >= 15 is 0 Å². The van der Waals surface area contributed by atoms with Gasteiger partial charge in [-0.1, -0.05) is 19.3 Å². The van der Waals surface area contributed by atoms with Gasteiger partial charge in [-0.25, -0.2) is 8.42 Å². The second kappa shape index (κ2) is 7.23. The van der Waals surface area contributed by atoms with Crippen molar-refractivity contribution >= 4 is 9.84 Å². The van der Waals surface area contributed by atoms with Crippen LogP contribution in [0.5, 0.6) is 0 Å². The quantitative estimate of drug-likeness (QED) is 0.839. The second-order valence-corrected chi connectivity index (χ2v) is 9.00. The number of piperazine rings is 1. The first kappa shape index (κ1) is 16.2. The number of hydrogen-bond donors (Lipinski definition) is 1. The van der Waals surface area contributed by atoms with Crippen LogP contribution in [0, 0.1) is 5.92 Å². The number of rotatable bonds is 5. The van der Waals surface area contributed by atoms with Crippen LogP contribution in [0.4, 0.5) is 0 Å². The van der Waals surface area contributed by atoms with E-state index < -0.39 is 9.84 Å². The lowest BCUT2D eigenvalue weighted by molar-refractivity contribution is 0.105. The van der Waals surface area contributed by atoms with Gasteiger partial charge in [-0.15, -0.1) is 0 Å². The van der Waals surface area contributed by atoms with Gasteiger partial charge in [0.2, 0.25) is 0 Å². The molecule has 1 heterocycles. The summed E-state index contributed by atoms with van der Waals surface area (Å²) in [5.74, 6) is 1.14. The van der Waals surface area contributed by atoms with E-state index in [0.29, 0.717) is 17.8 Å². The first-order valence-electron chi connectivity index (χ1n) is 8.11. The van der Waals surface area contributed by atoms with Crippen LogP contribution < -0.4 is 5.32 Å². The van der Waals surface area contributed by atoms with E-state index in [-0.39, 0.29) is 0 Å². The Hall–Kier alpha value is -0.130. The van der Waals surface area contributed by atoms with Gasteiger partial charge in [0, 0.05) is 31.4 Å². The largest absolute Gasteiger partial charge is 0.311 e. The smallest absolute Gasteiger partial charge is 0.147 e. The molecule has 20 heavy (non-hydrogen) atoms. The lowest BCUT2D eigenvalue weighted by Gasteiger charge is -2.43. The molecule has 0 amide bonds. The highest BCUT2D eigenvalue weighted by Gasteiger charge is 2.30. The molecule has 0 aromatic rings. The molecule has 2 rings (SSSR count). The molecule has 2 unspecified atom stereocenters. The standard InChI is InChI=1S/C15H30N2O2S/c1-13-11-16-15(14-7-4-3-5-8-14)12-17(13)9-6-10-20(2,18)19/h13-16H,3-12H2,1-2H3. The molecule has 5 heteroatoms. The van der Waals surface area contributed by atoms with Crippen molar-refractivity contribution in [2.75, 3.05) is 31.6 Å². The molecule has 4 nitrogen and oxygen atoms in total. The molecule has 1 aliphatic heterocycles. The summed E-state index contributed by atoms with van der Waals surface area (Å²) in [5, 5.41) is 3.72. The topological polar surface area (TPSA) is 49.4 Å². The first-order valence-corrected chi connectivity index (χ1v) is 10.2. The average Bonchev–Trinajstić information content (AvgIpc) is 2.40. The monoisotopic (exact) mass is 302 g/mol. The fraction of sp³-hybridized carbons (Fsp3) is 1.00. The summed E-state index contributed by atoms with van der Waals surface area (Å²) in [6, 6.07) is 1.14. The van der Waals surface area contributed by atoms with Gasteiger partial charge in [-0.2, -0.15) is 0 Å². The summed E-state index contributed by atoms with van der Waals surface area (Å²) in [4.78, 5) is 2.49. The Balaban J connectivity index is 1.81. The van der Waals surface area contributed by atoms with Gasteiger partial charge < -0.3 is 5.32 Å². The van der Waals surface area contributed by atoms with Crippen LogP contribution in [0.2, 0.25) is 0 Å². The summed E-state index contributed by atoms with van der Waals surface area (Å²) in [6.45, 7) is 5.29. The van der Waals surface area contributed by atoms with Gasteiger partial charge in [0.25, 0.3) is 0 Å². The third-order valence-corrected chi connectivity index (χ3v) is 5.94. The lowest BCUT2D eigenvalue weighted by atomic mass is 9.82. The SMILES string of the molecule is CC1CNC(C2CCCCC2)CN1CCCS(C)(=O)=O. The van der Waals surface area contributed by atoms with Gasteiger partial charge >= 0.3 is 0 Å². The van der Waals surface area contributed by atoms with Gasteiger partial charge in [0.15, 0.2) is 0 Å². The van der Waals surface area contributed by atoms with Crippen LogP contribution in [-0.4, -0.2) is 57.0 Å². The fourth-order valence-electron chi connectivity index (χ4n) is 3.64. The highest BCUT2D eigenvalue weighted by molar-refractivity contribution is 7.90. The highest BCUT2D eigenvalue weighted by atomic mass is 32.2. The van der Waals surface area contributed by atoms with Crippen LogP contribution in [0.1, 0.15) is 45.4 Å². The van der Waals surface area contributed by atoms with E-state index in [1.54, 1.807) is 0 Å². The summed E-state index contributed by atoms with van der Waals surface area (Å²) in [6.07, 6.45) is 8.99. The summed E-state index contributed by atoms with van der Waals surface area (Å²) >= 11 is 0. The maximum absolute atomic E-state index is 11.2. The second-order valence-electron chi connectivity index (χ2n) is 6.74. The van der Waals surface area contributed by atoms with Crippen LogP contribution in [0.25, 0.3) is 0 Å². The molecule has 1 saturated carbocycles. The Morgan fingerprint density at radius 3 is 2.55 bits per heavy atom. The summed E-state index contributed by atoms with van der Waals surface area (Å²) < 4.78 is 22.5. The number of hydrogen-bond acceptors (Lipinski definition) is 4. The minimum atomic E-state index is -2.82. The van der Waals surface area contributed by atoms with Crippen LogP contribution >= 0.6 is 0 Å². The normalized spacial score (nSPS) is 30.5. The molecule has 0 aromatic heterocycles. The zero-order valence-electron chi connectivity index (χ0n) is 13.0. The minimum Gasteiger partial charge on any atom is -0.311 e. The molecule has 2 fully saturated rings. The van der Waals surface area contributed by atoms with Crippen molar-refractivity contribution in [1.82, 2.24) is 10.2 Å². The molecular weight excluding hydrogens is 272 g/mol. The zero-order valence-corrected chi connectivity index (χ0v) is 13.8.